The third-order valence-corrected chi connectivity index (χ3v) is 2.50. The Hall–Kier alpha value is -1.55. The average Bonchev–Trinajstić information content (AvgIpc) is 2.28. The molecule has 0 aliphatic rings. The molecule has 1 aromatic rings. The molecule has 0 aromatic heterocycles. The Morgan fingerprint density at radius 2 is 2.24 bits per heavy atom. The topological polar surface area (TPSA) is 58.6 Å². The minimum Gasteiger partial charge on any atom is -0.496 e. The second-order valence-corrected chi connectivity index (χ2v) is 3.99. The van der Waals surface area contributed by atoms with E-state index in [1.807, 2.05) is 19.1 Å². The van der Waals surface area contributed by atoms with Crippen molar-refractivity contribution < 1.29 is 14.6 Å². The lowest BCUT2D eigenvalue weighted by Gasteiger charge is -2.10. The zero-order valence-corrected chi connectivity index (χ0v) is 10.3. The molecule has 0 atom stereocenters. The monoisotopic (exact) mass is 237 g/mol. The van der Waals surface area contributed by atoms with E-state index >= 15 is 0 Å². The maximum Gasteiger partial charge on any atom is 0.303 e. The van der Waals surface area contributed by atoms with Gasteiger partial charge in [0.15, 0.2) is 0 Å². The van der Waals surface area contributed by atoms with Gasteiger partial charge < -0.3 is 15.2 Å². The fraction of sp³-hybridized carbons (Fsp3) is 0.462. The van der Waals surface area contributed by atoms with Crippen LogP contribution in [0.5, 0.6) is 5.75 Å². The van der Waals surface area contributed by atoms with Gasteiger partial charge in [0, 0.05) is 18.5 Å². The lowest BCUT2D eigenvalue weighted by molar-refractivity contribution is -0.137. The Labute approximate surface area is 102 Å². The molecular formula is C13H19NO3. The number of carboxylic acid groups (broad SMARTS) is 1. The van der Waals surface area contributed by atoms with Crippen LogP contribution in [0.15, 0.2) is 18.2 Å². The van der Waals surface area contributed by atoms with Gasteiger partial charge in [0.05, 0.1) is 7.11 Å². The van der Waals surface area contributed by atoms with Crippen molar-refractivity contribution in [3.63, 3.8) is 0 Å². The number of carbonyl (C=O) groups is 1. The molecule has 0 unspecified atom stereocenters. The van der Waals surface area contributed by atoms with E-state index in [0.29, 0.717) is 19.5 Å². The lowest BCUT2D eigenvalue weighted by Crippen LogP contribution is -2.16. The van der Waals surface area contributed by atoms with Gasteiger partial charge in [0.1, 0.15) is 5.75 Å². The van der Waals surface area contributed by atoms with Crippen molar-refractivity contribution in [2.75, 3.05) is 13.7 Å². The van der Waals surface area contributed by atoms with E-state index in [1.165, 1.54) is 5.56 Å². The summed E-state index contributed by atoms with van der Waals surface area (Å²) in [4.78, 5) is 10.3. The summed E-state index contributed by atoms with van der Waals surface area (Å²) < 4.78 is 5.26. The molecule has 0 aliphatic heterocycles. The van der Waals surface area contributed by atoms with E-state index in [9.17, 15) is 4.79 Å². The van der Waals surface area contributed by atoms with E-state index < -0.39 is 5.97 Å². The number of benzene rings is 1. The van der Waals surface area contributed by atoms with E-state index in [-0.39, 0.29) is 6.42 Å². The predicted molar refractivity (Wildman–Crippen MR) is 66.3 cm³/mol. The second-order valence-electron chi connectivity index (χ2n) is 3.99. The summed E-state index contributed by atoms with van der Waals surface area (Å²) in [5, 5.41) is 11.7. The Morgan fingerprint density at radius 1 is 1.47 bits per heavy atom. The Kier molecular flexibility index (Phi) is 5.49. The molecule has 1 rings (SSSR count). The zero-order valence-electron chi connectivity index (χ0n) is 10.3. The molecule has 0 saturated heterocycles. The van der Waals surface area contributed by atoms with Crippen LogP contribution in [0.1, 0.15) is 24.0 Å². The van der Waals surface area contributed by atoms with Crippen LogP contribution in [0.25, 0.3) is 0 Å². The van der Waals surface area contributed by atoms with Crippen LogP contribution in [-0.2, 0) is 11.3 Å². The number of ether oxygens (including phenoxy) is 1. The first-order valence-corrected chi connectivity index (χ1v) is 5.69. The average molecular weight is 237 g/mol. The highest BCUT2D eigenvalue weighted by atomic mass is 16.5. The molecule has 0 fully saturated rings. The maximum absolute atomic E-state index is 10.3. The first-order valence-electron chi connectivity index (χ1n) is 5.69. The number of hydrogen-bond acceptors (Lipinski definition) is 3. The van der Waals surface area contributed by atoms with Gasteiger partial charge in [-0.1, -0.05) is 17.7 Å². The molecule has 2 N–H and O–H groups in total. The van der Waals surface area contributed by atoms with E-state index in [1.54, 1.807) is 7.11 Å². The van der Waals surface area contributed by atoms with Crippen LogP contribution in [0, 0.1) is 6.92 Å². The summed E-state index contributed by atoms with van der Waals surface area (Å²) in [6.45, 7) is 3.43. The van der Waals surface area contributed by atoms with E-state index in [4.69, 9.17) is 9.84 Å². The van der Waals surface area contributed by atoms with Crippen molar-refractivity contribution in [3.8, 4) is 5.75 Å². The largest absolute Gasteiger partial charge is 0.496 e. The molecule has 0 heterocycles. The smallest absolute Gasteiger partial charge is 0.303 e. The molecule has 94 valence electrons. The van der Waals surface area contributed by atoms with Crippen molar-refractivity contribution in [1.29, 1.82) is 0 Å². The molecular weight excluding hydrogens is 218 g/mol. The standard InChI is InChI=1S/C13H19NO3/c1-10-5-6-12(17-2)11(8-10)9-14-7-3-4-13(15)16/h5-6,8,14H,3-4,7,9H2,1-2H3,(H,15,16). The predicted octanol–water partition coefficient (Wildman–Crippen LogP) is 1.96. The quantitative estimate of drug-likeness (QED) is 0.712. The molecule has 0 saturated carbocycles. The van der Waals surface area contributed by atoms with Crippen molar-refractivity contribution in [1.82, 2.24) is 5.32 Å². The first kappa shape index (κ1) is 13.5. The Balaban J connectivity index is 2.40. The fourth-order valence-corrected chi connectivity index (χ4v) is 1.63. The van der Waals surface area contributed by atoms with Gasteiger partial charge >= 0.3 is 5.97 Å². The minimum atomic E-state index is -0.750. The van der Waals surface area contributed by atoms with Crippen LogP contribution < -0.4 is 10.1 Å². The van der Waals surface area contributed by atoms with E-state index in [0.717, 1.165) is 11.3 Å². The van der Waals surface area contributed by atoms with Crippen molar-refractivity contribution in [2.24, 2.45) is 0 Å². The summed E-state index contributed by atoms with van der Waals surface area (Å²) in [6.07, 6.45) is 0.849. The van der Waals surface area contributed by atoms with Crippen molar-refractivity contribution in [3.05, 3.63) is 29.3 Å². The second kappa shape index (κ2) is 6.91. The molecule has 0 radical (unpaired) electrons. The van der Waals surface area contributed by atoms with Gasteiger partial charge in [-0.3, -0.25) is 4.79 Å². The number of rotatable bonds is 7. The van der Waals surface area contributed by atoms with Crippen LogP contribution in [0.3, 0.4) is 0 Å². The molecule has 0 bridgehead atoms. The fourth-order valence-electron chi connectivity index (χ4n) is 1.63. The number of aryl methyl sites for hydroxylation is 1. The number of nitrogens with one attached hydrogen (secondary N) is 1. The van der Waals surface area contributed by atoms with Gasteiger partial charge in [0.25, 0.3) is 0 Å². The van der Waals surface area contributed by atoms with Crippen LogP contribution in [0.4, 0.5) is 0 Å². The van der Waals surface area contributed by atoms with Crippen LogP contribution >= 0.6 is 0 Å². The number of carboxylic acids is 1. The first-order chi connectivity index (χ1) is 8.13. The Morgan fingerprint density at radius 3 is 2.88 bits per heavy atom. The summed E-state index contributed by atoms with van der Waals surface area (Å²) in [5.41, 5.74) is 2.29. The van der Waals surface area contributed by atoms with Gasteiger partial charge in [-0.05, 0) is 26.0 Å². The van der Waals surface area contributed by atoms with Gasteiger partial charge in [-0.15, -0.1) is 0 Å². The highest BCUT2D eigenvalue weighted by Crippen LogP contribution is 2.19. The SMILES string of the molecule is COc1ccc(C)cc1CNCCCC(=O)O. The molecule has 1 aromatic carbocycles. The van der Waals surface area contributed by atoms with Gasteiger partial charge in [-0.2, -0.15) is 0 Å². The van der Waals surface area contributed by atoms with Crippen LogP contribution in [-0.4, -0.2) is 24.7 Å². The molecule has 0 amide bonds. The highest BCUT2D eigenvalue weighted by molar-refractivity contribution is 5.66. The molecule has 0 spiro atoms. The highest BCUT2D eigenvalue weighted by Gasteiger charge is 2.02. The Bertz CT molecular complexity index is 377. The van der Waals surface area contributed by atoms with Crippen molar-refractivity contribution >= 4 is 5.97 Å². The summed E-state index contributed by atoms with van der Waals surface area (Å²) >= 11 is 0. The minimum absolute atomic E-state index is 0.206. The number of aliphatic carboxylic acids is 1. The third kappa shape index (κ3) is 4.87. The number of methoxy groups -OCH3 is 1. The summed E-state index contributed by atoms with van der Waals surface area (Å²) in [5.74, 6) is 0.112. The zero-order chi connectivity index (χ0) is 12.7. The van der Waals surface area contributed by atoms with Gasteiger partial charge in [0.2, 0.25) is 0 Å². The van der Waals surface area contributed by atoms with Crippen LogP contribution in [0.2, 0.25) is 0 Å². The van der Waals surface area contributed by atoms with Crippen molar-refractivity contribution in [2.45, 2.75) is 26.3 Å². The maximum atomic E-state index is 10.3. The molecule has 17 heavy (non-hydrogen) atoms. The van der Waals surface area contributed by atoms with E-state index in [2.05, 4.69) is 11.4 Å². The lowest BCUT2D eigenvalue weighted by atomic mass is 10.1. The molecule has 4 nitrogen and oxygen atoms in total. The summed E-state index contributed by atoms with van der Waals surface area (Å²) in [7, 11) is 1.65. The normalized spacial score (nSPS) is 10.2. The number of hydrogen-bond donors (Lipinski definition) is 2. The molecule has 0 aliphatic carbocycles. The summed E-state index contributed by atoms with van der Waals surface area (Å²) in [6, 6.07) is 6.03. The van der Waals surface area contributed by atoms with Gasteiger partial charge in [-0.25, -0.2) is 0 Å². The molecule has 4 heteroatoms. The third-order valence-electron chi connectivity index (χ3n) is 2.50.